The highest BCUT2D eigenvalue weighted by molar-refractivity contribution is 7.10. The van der Waals surface area contributed by atoms with Crippen molar-refractivity contribution in [2.45, 2.75) is 13.0 Å². The van der Waals surface area contributed by atoms with E-state index in [4.69, 9.17) is 5.73 Å². The molecule has 0 fully saturated rings. The first-order valence-corrected chi connectivity index (χ1v) is 6.19. The number of nitrogen functional groups attached to an aromatic ring is 1. The van der Waals surface area contributed by atoms with E-state index in [-0.39, 0.29) is 12.0 Å². The van der Waals surface area contributed by atoms with Crippen LogP contribution in [0.3, 0.4) is 0 Å². The summed E-state index contributed by atoms with van der Waals surface area (Å²) in [7, 11) is 1.80. The molecule has 0 saturated carbocycles. The van der Waals surface area contributed by atoms with Crippen LogP contribution in [0.4, 0.5) is 17.6 Å². The number of aromatic nitrogens is 2. The van der Waals surface area contributed by atoms with Crippen molar-refractivity contribution in [2.75, 3.05) is 23.4 Å². The minimum Gasteiger partial charge on any atom is -0.373 e. The summed E-state index contributed by atoms with van der Waals surface area (Å²) in [5.74, 6) is 1.69. The standard InChI is InChI=1S/C11H15N5S/c1-7(8-4-3-5-17-8)14-10-6-9(13-2)15-11(12)16-10/h3-7H,1-2H3,(H4,12,13,14,15,16). The summed E-state index contributed by atoms with van der Waals surface area (Å²) in [6.45, 7) is 2.09. The van der Waals surface area contributed by atoms with Crippen LogP contribution in [-0.2, 0) is 0 Å². The van der Waals surface area contributed by atoms with E-state index in [9.17, 15) is 0 Å². The molecule has 4 N–H and O–H groups in total. The summed E-state index contributed by atoms with van der Waals surface area (Å²) in [5.41, 5.74) is 5.63. The van der Waals surface area contributed by atoms with Crippen LogP contribution in [-0.4, -0.2) is 17.0 Å². The summed E-state index contributed by atoms with van der Waals surface area (Å²) < 4.78 is 0. The summed E-state index contributed by atoms with van der Waals surface area (Å²) in [6.07, 6.45) is 0. The Morgan fingerprint density at radius 1 is 1.35 bits per heavy atom. The SMILES string of the molecule is CNc1cc(NC(C)c2cccs2)nc(N)n1. The van der Waals surface area contributed by atoms with Gasteiger partial charge < -0.3 is 16.4 Å². The van der Waals surface area contributed by atoms with Crippen LogP contribution >= 0.6 is 11.3 Å². The molecule has 0 radical (unpaired) electrons. The molecular formula is C11H15N5S. The first-order valence-electron chi connectivity index (χ1n) is 5.31. The summed E-state index contributed by atoms with van der Waals surface area (Å²) >= 11 is 1.71. The molecule has 6 heteroatoms. The summed E-state index contributed by atoms with van der Waals surface area (Å²) in [4.78, 5) is 9.45. The molecule has 0 saturated heterocycles. The van der Waals surface area contributed by atoms with Crippen molar-refractivity contribution in [3.63, 3.8) is 0 Å². The second-order valence-corrected chi connectivity index (χ2v) is 4.61. The zero-order valence-corrected chi connectivity index (χ0v) is 10.6. The molecule has 2 aromatic rings. The Kier molecular flexibility index (Phi) is 3.43. The van der Waals surface area contributed by atoms with Crippen LogP contribution in [0, 0.1) is 0 Å². The maximum absolute atomic E-state index is 5.63. The fraction of sp³-hybridized carbons (Fsp3) is 0.273. The van der Waals surface area contributed by atoms with E-state index in [0.29, 0.717) is 5.82 Å². The molecule has 0 spiro atoms. The topological polar surface area (TPSA) is 75.9 Å². The molecule has 0 aromatic carbocycles. The number of hydrogen-bond donors (Lipinski definition) is 3. The van der Waals surface area contributed by atoms with Gasteiger partial charge in [-0.25, -0.2) is 0 Å². The lowest BCUT2D eigenvalue weighted by molar-refractivity contribution is 0.895. The van der Waals surface area contributed by atoms with E-state index in [1.165, 1.54) is 4.88 Å². The van der Waals surface area contributed by atoms with E-state index in [2.05, 4.69) is 39.0 Å². The van der Waals surface area contributed by atoms with Crippen molar-refractivity contribution >= 4 is 28.9 Å². The van der Waals surface area contributed by atoms with Crippen molar-refractivity contribution in [1.82, 2.24) is 9.97 Å². The number of nitrogens with two attached hydrogens (primary N) is 1. The third-order valence-corrected chi connectivity index (χ3v) is 3.39. The predicted octanol–water partition coefficient (Wildman–Crippen LogP) is 2.34. The lowest BCUT2D eigenvalue weighted by Gasteiger charge is -2.13. The van der Waals surface area contributed by atoms with Gasteiger partial charge in [0.25, 0.3) is 0 Å². The van der Waals surface area contributed by atoms with Crippen LogP contribution in [0.15, 0.2) is 23.6 Å². The lowest BCUT2D eigenvalue weighted by Crippen LogP contribution is -2.09. The highest BCUT2D eigenvalue weighted by Gasteiger charge is 2.08. The van der Waals surface area contributed by atoms with Gasteiger partial charge in [-0.15, -0.1) is 11.3 Å². The van der Waals surface area contributed by atoms with Gasteiger partial charge in [0.05, 0.1) is 6.04 Å². The number of nitrogens with one attached hydrogen (secondary N) is 2. The molecule has 90 valence electrons. The number of hydrogen-bond acceptors (Lipinski definition) is 6. The van der Waals surface area contributed by atoms with Gasteiger partial charge in [-0.3, -0.25) is 0 Å². The summed E-state index contributed by atoms with van der Waals surface area (Å²) in [6, 6.07) is 6.16. The van der Waals surface area contributed by atoms with Gasteiger partial charge in [0.15, 0.2) is 0 Å². The van der Waals surface area contributed by atoms with E-state index >= 15 is 0 Å². The average Bonchev–Trinajstić information content (AvgIpc) is 2.81. The number of thiophene rings is 1. The maximum atomic E-state index is 5.63. The highest BCUT2D eigenvalue weighted by atomic mass is 32.1. The number of nitrogens with zero attached hydrogens (tertiary/aromatic N) is 2. The molecule has 0 aliphatic heterocycles. The molecule has 2 heterocycles. The molecule has 17 heavy (non-hydrogen) atoms. The first kappa shape index (κ1) is 11.7. The van der Waals surface area contributed by atoms with Crippen molar-refractivity contribution in [1.29, 1.82) is 0 Å². The molecular weight excluding hydrogens is 234 g/mol. The van der Waals surface area contributed by atoms with E-state index in [0.717, 1.165) is 5.82 Å². The Morgan fingerprint density at radius 3 is 2.76 bits per heavy atom. The van der Waals surface area contributed by atoms with Gasteiger partial charge in [0, 0.05) is 18.0 Å². The van der Waals surface area contributed by atoms with Gasteiger partial charge in [-0.1, -0.05) is 6.07 Å². The third kappa shape index (κ3) is 2.85. The van der Waals surface area contributed by atoms with Crippen LogP contribution in [0.2, 0.25) is 0 Å². The fourth-order valence-corrected chi connectivity index (χ4v) is 2.23. The van der Waals surface area contributed by atoms with E-state index in [1.54, 1.807) is 18.4 Å². The van der Waals surface area contributed by atoms with Crippen LogP contribution in [0.25, 0.3) is 0 Å². The Hall–Kier alpha value is -1.82. The quantitative estimate of drug-likeness (QED) is 0.775. The molecule has 1 atom stereocenters. The van der Waals surface area contributed by atoms with Crippen molar-refractivity contribution < 1.29 is 0 Å². The first-order chi connectivity index (χ1) is 8.19. The number of rotatable bonds is 4. The molecule has 5 nitrogen and oxygen atoms in total. The third-order valence-electron chi connectivity index (χ3n) is 2.33. The number of anilines is 3. The second kappa shape index (κ2) is 5.01. The maximum Gasteiger partial charge on any atom is 0.223 e. The summed E-state index contributed by atoms with van der Waals surface area (Å²) in [5, 5.41) is 8.30. The zero-order chi connectivity index (χ0) is 12.3. The van der Waals surface area contributed by atoms with Crippen molar-refractivity contribution in [3.05, 3.63) is 28.5 Å². The zero-order valence-electron chi connectivity index (χ0n) is 9.77. The fourth-order valence-electron chi connectivity index (χ4n) is 1.50. The highest BCUT2D eigenvalue weighted by Crippen LogP contribution is 2.23. The minimum atomic E-state index is 0.203. The molecule has 2 aromatic heterocycles. The minimum absolute atomic E-state index is 0.203. The normalized spacial score (nSPS) is 12.1. The molecule has 0 aliphatic carbocycles. The van der Waals surface area contributed by atoms with Gasteiger partial charge in [0.1, 0.15) is 11.6 Å². The molecule has 1 unspecified atom stereocenters. The Morgan fingerprint density at radius 2 is 2.12 bits per heavy atom. The predicted molar refractivity (Wildman–Crippen MR) is 72.3 cm³/mol. The van der Waals surface area contributed by atoms with Crippen molar-refractivity contribution in [2.24, 2.45) is 0 Å². The van der Waals surface area contributed by atoms with Crippen LogP contribution in [0.5, 0.6) is 0 Å². The Bertz CT molecular complexity index is 483. The van der Waals surface area contributed by atoms with Crippen LogP contribution in [0.1, 0.15) is 17.8 Å². The van der Waals surface area contributed by atoms with E-state index < -0.39 is 0 Å². The van der Waals surface area contributed by atoms with Crippen molar-refractivity contribution in [3.8, 4) is 0 Å². The van der Waals surface area contributed by atoms with Gasteiger partial charge in [-0.2, -0.15) is 9.97 Å². The molecule has 0 aliphatic rings. The van der Waals surface area contributed by atoms with Gasteiger partial charge in [0.2, 0.25) is 5.95 Å². The molecule has 0 amide bonds. The Labute approximate surface area is 104 Å². The largest absolute Gasteiger partial charge is 0.373 e. The van der Waals surface area contributed by atoms with Gasteiger partial charge in [-0.05, 0) is 18.4 Å². The molecule has 2 rings (SSSR count). The smallest absolute Gasteiger partial charge is 0.223 e. The lowest BCUT2D eigenvalue weighted by atomic mass is 10.3. The second-order valence-electron chi connectivity index (χ2n) is 3.63. The average molecular weight is 249 g/mol. The monoisotopic (exact) mass is 249 g/mol. The van der Waals surface area contributed by atoms with Crippen LogP contribution < -0.4 is 16.4 Å². The van der Waals surface area contributed by atoms with Gasteiger partial charge >= 0.3 is 0 Å². The Balaban J connectivity index is 2.15. The van der Waals surface area contributed by atoms with E-state index in [1.807, 2.05) is 12.1 Å². The molecule has 0 bridgehead atoms.